The van der Waals surface area contributed by atoms with Crippen molar-refractivity contribution in [3.05, 3.63) is 51.9 Å². The van der Waals surface area contributed by atoms with Crippen molar-refractivity contribution in [1.82, 2.24) is 14.5 Å². The Morgan fingerprint density at radius 2 is 1.97 bits per heavy atom. The molecule has 0 saturated heterocycles. The number of aromatic nitrogens is 3. The normalized spacial score (nSPS) is 12.7. The second kappa shape index (κ2) is 8.36. The number of halogens is 2. The zero-order chi connectivity index (χ0) is 21.3. The molecule has 3 aromatic rings. The van der Waals surface area contributed by atoms with Gasteiger partial charge in [-0.15, -0.1) is 0 Å². The summed E-state index contributed by atoms with van der Waals surface area (Å²) in [5.74, 6) is 0.774. The van der Waals surface area contributed by atoms with Crippen molar-refractivity contribution in [2.75, 3.05) is 11.1 Å². The average molecular weight is 420 g/mol. The van der Waals surface area contributed by atoms with Gasteiger partial charge in [0.1, 0.15) is 5.65 Å². The van der Waals surface area contributed by atoms with Crippen molar-refractivity contribution in [3.8, 4) is 0 Å². The molecule has 6 nitrogen and oxygen atoms in total. The van der Waals surface area contributed by atoms with E-state index in [4.69, 9.17) is 0 Å². The monoisotopic (exact) mass is 420 g/mol. The molecule has 2 aromatic heterocycles. The van der Waals surface area contributed by atoms with Crippen LogP contribution in [0.4, 0.5) is 20.4 Å². The highest BCUT2D eigenvalue weighted by atomic mass is 32.2. The molecule has 0 aliphatic carbocycles. The van der Waals surface area contributed by atoms with Gasteiger partial charge in [0.2, 0.25) is 5.95 Å². The van der Waals surface area contributed by atoms with Crippen LogP contribution in [0.3, 0.4) is 0 Å². The van der Waals surface area contributed by atoms with E-state index in [1.807, 2.05) is 19.9 Å². The number of rotatable bonds is 6. The van der Waals surface area contributed by atoms with Crippen LogP contribution in [-0.4, -0.2) is 24.5 Å². The molecule has 1 aromatic carbocycles. The Labute approximate surface area is 169 Å². The molecular formula is C20H22F2N4O2S. The third-order valence-electron chi connectivity index (χ3n) is 4.52. The Bertz CT molecular complexity index is 1150. The molecule has 0 aliphatic rings. The molecule has 0 saturated carbocycles. The topological polar surface area (TPSA) is 76.9 Å². The zero-order valence-corrected chi connectivity index (χ0v) is 17.4. The van der Waals surface area contributed by atoms with Crippen LogP contribution in [0.25, 0.3) is 11.0 Å². The van der Waals surface area contributed by atoms with E-state index in [1.165, 1.54) is 10.8 Å². The van der Waals surface area contributed by atoms with E-state index < -0.39 is 28.3 Å². The van der Waals surface area contributed by atoms with Gasteiger partial charge in [0, 0.05) is 34.0 Å². The lowest BCUT2D eigenvalue weighted by Gasteiger charge is -2.16. The molecule has 1 unspecified atom stereocenters. The summed E-state index contributed by atoms with van der Waals surface area (Å²) in [5.41, 5.74) is 0.556. The van der Waals surface area contributed by atoms with E-state index in [0.717, 1.165) is 22.2 Å². The Kier molecular flexibility index (Phi) is 6.07. The van der Waals surface area contributed by atoms with Crippen molar-refractivity contribution >= 4 is 33.5 Å². The second-order valence-electron chi connectivity index (χ2n) is 6.88. The highest BCUT2D eigenvalue weighted by Gasteiger charge is 2.19. The molecule has 9 heteroatoms. The first-order chi connectivity index (χ1) is 13.7. The lowest BCUT2D eigenvalue weighted by molar-refractivity contribution is 0.149. The Morgan fingerprint density at radius 3 is 2.55 bits per heavy atom. The maximum Gasteiger partial charge on any atom is 0.269 e. The fourth-order valence-electron chi connectivity index (χ4n) is 3.04. The summed E-state index contributed by atoms with van der Waals surface area (Å²) >= 11 is 0. The number of fused-ring (bicyclic) bond motifs is 1. The van der Waals surface area contributed by atoms with Crippen molar-refractivity contribution < 1.29 is 13.0 Å². The molecule has 0 radical (unpaired) electrons. The van der Waals surface area contributed by atoms with Gasteiger partial charge in [-0.2, -0.15) is 4.98 Å². The van der Waals surface area contributed by atoms with Crippen LogP contribution in [0, 0.1) is 6.92 Å². The van der Waals surface area contributed by atoms with E-state index in [0.29, 0.717) is 11.1 Å². The Balaban J connectivity index is 2.06. The van der Waals surface area contributed by atoms with E-state index in [9.17, 15) is 17.8 Å². The summed E-state index contributed by atoms with van der Waals surface area (Å²) in [7, 11) is -1.05. The van der Waals surface area contributed by atoms with Crippen LogP contribution in [0.5, 0.6) is 0 Å². The fourth-order valence-corrected chi connectivity index (χ4v) is 3.90. The van der Waals surface area contributed by atoms with Crippen molar-refractivity contribution in [2.45, 2.75) is 45.1 Å². The predicted octanol–water partition coefficient (Wildman–Crippen LogP) is 4.49. The SMILES string of the molecule is CCS(=O)c1ccc(Nc2ncc3cc(C(F)F)c(=O)n(C(C)C)c3n2)c(C)c1. The number of aryl methyl sites for hydroxylation is 1. The first-order valence-corrected chi connectivity index (χ1v) is 10.5. The third-order valence-corrected chi connectivity index (χ3v) is 5.83. The van der Waals surface area contributed by atoms with Crippen LogP contribution in [0.1, 0.15) is 44.4 Å². The number of pyridine rings is 1. The van der Waals surface area contributed by atoms with Gasteiger partial charge >= 0.3 is 0 Å². The number of hydrogen-bond donors (Lipinski definition) is 1. The van der Waals surface area contributed by atoms with E-state index in [1.54, 1.807) is 26.0 Å². The number of anilines is 2. The summed E-state index contributed by atoms with van der Waals surface area (Å²) in [4.78, 5) is 21.8. The van der Waals surface area contributed by atoms with Gasteiger partial charge in [0.15, 0.2) is 0 Å². The van der Waals surface area contributed by atoms with Crippen molar-refractivity contribution in [3.63, 3.8) is 0 Å². The van der Waals surface area contributed by atoms with Crippen LogP contribution < -0.4 is 10.9 Å². The van der Waals surface area contributed by atoms with Gasteiger partial charge in [-0.05, 0) is 50.6 Å². The largest absolute Gasteiger partial charge is 0.324 e. The third kappa shape index (κ3) is 4.19. The van der Waals surface area contributed by atoms with Crippen LogP contribution >= 0.6 is 0 Å². The lowest BCUT2D eigenvalue weighted by Crippen LogP contribution is -2.26. The van der Waals surface area contributed by atoms with E-state index in [2.05, 4.69) is 15.3 Å². The summed E-state index contributed by atoms with van der Waals surface area (Å²) in [6.07, 6.45) is -1.45. The number of benzene rings is 1. The Hall–Kier alpha value is -2.68. The molecule has 154 valence electrons. The molecule has 29 heavy (non-hydrogen) atoms. The molecule has 0 bridgehead atoms. The highest BCUT2D eigenvalue weighted by Crippen LogP contribution is 2.25. The van der Waals surface area contributed by atoms with E-state index >= 15 is 0 Å². The molecule has 3 rings (SSSR count). The average Bonchev–Trinajstić information content (AvgIpc) is 2.67. The number of hydrogen-bond acceptors (Lipinski definition) is 5. The van der Waals surface area contributed by atoms with E-state index in [-0.39, 0.29) is 17.6 Å². The maximum absolute atomic E-state index is 13.2. The van der Waals surface area contributed by atoms with Gasteiger partial charge in [0.05, 0.1) is 16.4 Å². The molecule has 2 heterocycles. The van der Waals surface area contributed by atoms with Gasteiger partial charge in [0.25, 0.3) is 12.0 Å². The van der Waals surface area contributed by atoms with Crippen molar-refractivity contribution in [1.29, 1.82) is 0 Å². The second-order valence-corrected chi connectivity index (χ2v) is 8.62. The molecule has 0 amide bonds. The van der Waals surface area contributed by atoms with Gasteiger partial charge in [-0.25, -0.2) is 13.8 Å². The van der Waals surface area contributed by atoms with Crippen LogP contribution in [0.15, 0.2) is 40.2 Å². The summed E-state index contributed by atoms with van der Waals surface area (Å²) < 4.78 is 39.7. The van der Waals surface area contributed by atoms with Crippen LogP contribution in [0.2, 0.25) is 0 Å². The fraction of sp³-hybridized carbons (Fsp3) is 0.350. The Morgan fingerprint density at radius 1 is 1.24 bits per heavy atom. The van der Waals surface area contributed by atoms with Crippen LogP contribution in [-0.2, 0) is 10.8 Å². The highest BCUT2D eigenvalue weighted by molar-refractivity contribution is 7.85. The minimum absolute atomic E-state index is 0.239. The maximum atomic E-state index is 13.2. The lowest BCUT2D eigenvalue weighted by atomic mass is 10.2. The standard InChI is InChI=1S/C20H22F2N4O2S/c1-5-29(28)14-6-7-16(12(4)8-14)24-20-23-10-13-9-15(17(21)22)19(27)26(11(2)3)18(13)25-20/h6-11,17H,5H2,1-4H3,(H,23,24,25). The molecule has 1 atom stereocenters. The van der Waals surface area contributed by atoms with Gasteiger partial charge < -0.3 is 5.32 Å². The first kappa shape index (κ1) is 21.0. The summed E-state index contributed by atoms with van der Waals surface area (Å²) in [6.45, 7) is 7.21. The zero-order valence-electron chi connectivity index (χ0n) is 16.6. The quantitative estimate of drug-likeness (QED) is 0.636. The van der Waals surface area contributed by atoms with Gasteiger partial charge in [-0.3, -0.25) is 13.6 Å². The minimum Gasteiger partial charge on any atom is -0.324 e. The molecule has 0 fully saturated rings. The number of nitrogens with zero attached hydrogens (tertiary/aromatic N) is 3. The summed E-state index contributed by atoms with van der Waals surface area (Å²) in [5, 5.41) is 3.45. The molecule has 0 spiro atoms. The molecular weight excluding hydrogens is 398 g/mol. The molecule has 1 N–H and O–H groups in total. The summed E-state index contributed by atoms with van der Waals surface area (Å²) in [6, 6.07) is 6.19. The smallest absolute Gasteiger partial charge is 0.269 e. The first-order valence-electron chi connectivity index (χ1n) is 9.19. The number of nitrogens with one attached hydrogen (secondary N) is 1. The predicted molar refractivity (Wildman–Crippen MR) is 111 cm³/mol. The molecule has 0 aliphatic heterocycles. The minimum atomic E-state index is -2.87. The van der Waals surface area contributed by atoms with Gasteiger partial charge in [-0.1, -0.05) is 6.92 Å². The van der Waals surface area contributed by atoms with Crippen molar-refractivity contribution in [2.24, 2.45) is 0 Å². The number of alkyl halides is 2.